The summed E-state index contributed by atoms with van der Waals surface area (Å²) >= 11 is 0.614. The van der Waals surface area contributed by atoms with Gasteiger partial charge in [0.15, 0.2) is 5.00 Å². The number of nitrogens with one attached hydrogen (secondary N) is 2. The molecule has 0 spiro atoms. The van der Waals surface area contributed by atoms with Crippen molar-refractivity contribution >= 4 is 38.0 Å². The van der Waals surface area contributed by atoms with Gasteiger partial charge in [-0.3, -0.25) is 14.9 Å². The Kier molecular flexibility index (Phi) is 3.43. The van der Waals surface area contributed by atoms with Crippen molar-refractivity contribution in [2.75, 3.05) is 12.3 Å². The minimum atomic E-state index is -3.91. The van der Waals surface area contributed by atoms with Gasteiger partial charge >= 0.3 is 5.69 Å². The predicted molar refractivity (Wildman–Crippen MR) is 67.1 cm³/mol. The average molecular weight is 306 g/mol. The summed E-state index contributed by atoms with van der Waals surface area (Å²) in [5.74, 6) is -0.246. The Morgan fingerprint density at radius 3 is 2.74 bits per heavy atom. The maximum atomic E-state index is 12.0. The van der Waals surface area contributed by atoms with Crippen LogP contribution in [0.4, 0.5) is 10.7 Å². The molecule has 2 heterocycles. The Labute approximate surface area is 112 Å². The Balaban J connectivity index is 2.22. The molecule has 4 N–H and O–H groups in total. The number of nitro groups is 1. The zero-order valence-electron chi connectivity index (χ0n) is 9.45. The lowest BCUT2D eigenvalue weighted by molar-refractivity contribution is -0.383. The van der Waals surface area contributed by atoms with E-state index in [1.165, 1.54) is 0 Å². The molecular formula is C8H10N4O5S2. The molecule has 2 rings (SSSR count). The molecule has 1 aromatic rings. The molecule has 1 aliphatic heterocycles. The first-order valence-corrected chi connectivity index (χ1v) is 7.42. The first-order valence-electron chi connectivity index (χ1n) is 5.12. The first-order chi connectivity index (χ1) is 8.79. The van der Waals surface area contributed by atoms with Gasteiger partial charge in [0.1, 0.15) is 4.21 Å². The second-order valence-corrected chi connectivity index (χ2v) is 6.92. The van der Waals surface area contributed by atoms with Gasteiger partial charge in [-0.25, -0.2) is 13.1 Å². The van der Waals surface area contributed by atoms with Crippen molar-refractivity contribution < 1.29 is 18.1 Å². The molecule has 19 heavy (non-hydrogen) atoms. The highest BCUT2D eigenvalue weighted by molar-refractivity contribution is 7.91. The molecule has 0 aromatic carbocycles. The summed E-state index contributed by atoms with van der Waals surface area (Å²) in [4.78, 5) is 20.8. The molecule has 1 amide bonds. The van der Waals surface area contributed by atoms with Crippen LogP contribution in [0.15, 0.2) is 10.3 Å². The number of carbonyl (C=O) groups excluding carboxylic acids is 1. The van der Waals surface area contributed by atoms with Crippen LogP contribution in [0.25, 0.3) is 0 Å². The van der Waals surface area contributed by atoms with Crippen molar-refractivity contribution in [3.8, 4) is 0 Å². The summed E-state index contributed by atoms with van der Waals surface area (Å²) in [5, 5.41) is 12.9. The second kappa shape index (κ2) is 4.75. The molecule has 1 fully saturated rings. The lowest BCUT2D eigenvalue weighted by Crippen LogP contribution is -2.35. The van der Waals surface area contributed by atoms with Gasteiger partial charge in [-0.1, -0.05) is 11.3 Å². The largest absolute Gasteiger partial charge is 0.385 e. The fraction of sp³-hybridized carbons (Fsp3) is 0.375. The van der Waals surface area contributed by atoms with Crippen LogP contribution in [-0.2, 0) is 14.8 Å². The van der Waals surface area contributed by atoms with Crippen molar-refractivity contribution in [2.45, 2.75) is 16.7 Å². The van der Waals surface area contributed by atoms with Crippen molar-refractivity contribution in [3.63, 3.8) is 0 Å². The summed E-state index contributed by atoms with van der Waals surface area (Å²) in [6.07, 6.45) is 0.0438. The minimum absolute atomic E-state index is 0.0438. The number of sulfonamides is 1. The van der Waals surface area contributed by atoms with E-state index in [2.05, 4.69) is 10.0 Å². The van der Waals surface area contributed by atoms with Crippen molar-refractivity contribution in [1.82, 2.24) is 10.0 Å². The van der Waals surface area contributed by atoms with Crippen LogP contribution in [0.2, 0.25) is 0 Å². The van der Waals surface area contributed by atoms with E-state index in [9.17, 15) is 23.3 Å². The molecular weight excluding hydrogens is 296 g/mol. The SMILES string of the molecule is Nc1sc(S(=O)(=O)NC2CNC(=O)C2)cc1[N+](=O)[O-]. The van der Waals surface area contributed by atoms with E-state index in [0.29, 0.717) is 11.3 Å². The standard InChI is InChI=1S/C8H10N4O5S2/c9-8-5(12(14)15)2-7(18-8)19(16,17)11-4-1-6(13)10-3-4/h2,4,11H,1,3,9H2,(H,10,13). The number of anilines is 1. The summed E-state index contributed by atoms with van der Waals surface area (Å²) in [6, 6.07) is 0.354. The number of nitrogens with zero attached hydrogens (tertiary/aromatic N) is 1. The van der Waals surface area contributed by atoms with E-state index in [1.807, 2.05) is 0 Å². The molecule has 11 heteroatoms. The molecule has 9 nitrogen and oxygen atoms in total. The smallest absolute Gasteiger partial charge is 0.304 e. The molecule has 1 aliphatic rings. The Bertz CT molecular complexity index is 638. The number of carbonyl (C=O) groups is 1. The minimum Gasteiger partial charge on any atom is -0.385 e. The van der Waals surface area contributed by atoms with Crippen LogP contribution in [0.1, 0.15) is 6.42 Å². The van der Waals surface area contributed by atoms with Gasteiger partial charge in [0.05, 0.1) is 4.92 Å². The van der Waals surface area contributed by atoms with Gasteiger partial charge in [-0.2, -0.15) is 0 Å². The third-order valence-electron chi connectivity index (χ3n) is 2.48. The molecule has 1 saturated heterocycles. The summed E-state index contributed by atoms with van der Waals surface area (Å²) in [6.45, 7) is 0.195. The molecule has 0 saturated carbocycles. The lowest BCUT2D eigenvalue weighted by Gasteiger charge is -2.08. The zero-order valence-corrected chi connectivity index (χ0v) is 11.1. The molecule has 1 unspecified atom stereocenters. The maximum Gasteiger partial charge on any atom is 0.304 e. The van der Waals surface area contributed by atoms with Crippen LogP contribution < -0.4 is 15.8 Å². The van der Waals surface area contributed by atoms with E-state index in [1.54, 1.807) is 0 Å². The highest BCUT2D eigenvalue weighted by atomic mass is 32.2. The molecule has 104 valence electrons. The second-order valence-electron chi connectivity index (χ2n) is 3.90. The summed E-state index contributed by atoms with van der Waals surface area (Å²) in [7, 11) is -3.91. The van der Waals surface area contributed by atoms with Gasteiger partial charge in [0, 0.05) is 25.1 Å². The normalized spacial score (nSPS) is 19.4. The number of nitrogen functional groups attached to an aromatic ring is 1. The van der Waals surface area contributed by atoms with Gasteiger partial charge in [-0.15, -0.1) is 0 Å². The van der Waals surface area contributed by atoms with E-state index < -0.39 is 26.7 Å². The van der Waals surface area contributed by atoms with Gasteiger partial charge in [0.2, 0.25) is 5.91 Å². The van der Waals surface area contributed by atoms with Gasteiger partial charge in [0.25, 0.3) is 10.0 Å². The topological polar surface area (TPSA) is 144 Å². The first kappa shape index (κ1) is 13.7. The predicted octanol–water partition coefficient (Wildman–Crippen LogP) is -0.595. The van der Waals surface area contributed by atoms with E-state index >= 15 is 0 Å². The van der Waals surface area contributed by atoms with E-state index in [4.69, 9.17) is 5.73 Å². The highest BCUT2D eigenvalue weighted by Gasteiger charge is 2.30. The van der Waals surface area contributed by atoms with Crippen LogP contribution in [0.5, 0.6) is 0 Å². The van der Waals surface area contributed by atoms with Crippen LogP contribution in [-0.4, -0.2) is 31.8 Å². The zero-order chi connectivity index (χ0) is 14.2. The van der Waals surface area contributed by atoms with Crippen molar-refractivity contribution in [1.29, 1.82) is 0 Å². The Hall–Kier alpha value is -1.72. The molecule has 0 aliphatic carbocycles. The fourth-order valence-electron chi connectivity index (χ4n) is 1.61. The van der Waals surface area contributed by atoms with E-state index in [0.717, 1.165) is 6.07 Å². The number of nitrogens with two attached hydrogens (primary N) is 1. The Morgan fingerprint density at radius 1 is 1.58 bits per heavy atom. The van der Waals surface area contributed by atoms with Gasteiger partial charge < -0.3 is 11.1 Å². The van der Waals surface area contributed by atoms with Gasteiger partial charge in [-0.05, 0) is 0 Å². The number of amides is 1. The molecule has 0 bridgehead atoms. The van der Waals surface area contributed by atoms with Crippen LogP contribution in [0, 0.1) is 10.1 Å². The third-order valence-corrected chi connectivity index (χ3v) is 5.43. The number of thiophene rings is 1. The fourth-order valence-corrected chi connectivity index (χ4v) is 4.08. The molecule has 1 aromatic heterocycles. The molecule has 0 radical (unpaired) electrons. The highest BCUT2D eigenvalue weighted by Crippen LogP contribution is 2.34. The summed E-state index contributed by atoms with van der Waals surface area (Å²) in [5.41, 5.74) is 4.95. The maximum absolute atomic E-state index is 12.0. The van der Waals surface area contributed by atoms with Crippen LogP contribution >= 0.6 is 11.3 Å². The van der Waals surface area contributed by atoms with Crippen LogP contribution in [0.3, 0.4) is 0 Å². The molecule has 1 atom stereocenters. The number of hydrogen-bond acceptors (Lipinski definition) is 7. The number of hydrogen-bond donors (Lipinski definition) is 3. The number of rotatable bonds is 4. The average Bonchev–Trinajstić information content (AvgIpc) is 2.84. The lowest BCUT2D eigenvalue weighted by atomic mass is 10.3. The quantitative estimate of drug-likeness (QED) is 0.500. The summed E-state index contributed by atoms with van der Waals surface area (Å²) < 4.78 is 26.0. The monoisotopic (exact) mass is 306 g/mol. The van der Waals surface area contributed by atoms with E-state index in [-0.39, 0.29) is 28.1 Å². The van der Waals surface area contributed by atoms with Crippen molar-refractivity contribution in [3.05, 3.63) is 16.2 Å². The Morgan fingerprint density at radius 2 is 2.26 bits per heavy atom. The third kappa shape index (κ3) is 2.83. The van der Waals surface area contributed by atoms with Crippen molar-refractivity contribution in [2.24, 2.45) is 0 Å².